The van der Waals surface area contributed by atoms with Crippen molar-refractivity contribution in [3.05, 3.63) is 159 Å². The highest BCUT2D eigenvalue weighted by Crippen LogP contribution is 2.23. The summed E-state index contributed by atoms with van der Waals surface area (Å²) in [5, 5.41) is 29.5. The number of H-pyrrole nitrogens is 2. The van der Waals surface area contributed by atoms with E-state index >= 15 is 0 Å². The molecule has 2 fully saturated rings. The van der Waals surface area contributed by atoms with Crippen molar-refractivity contribution in [3.8, 4) is 11.3 Å². The van der Waals surface area contributed by atoms with Crippen molar-refractivity contribution in [1.29, 1.82) is 0 Å². The molecule has 0 aliphatic carbocycles. The van der Waals surface area contributed by atoms with Gasteiger partial charge in [-0.25, -0.2) is 0 Å². The van der Waals surface area contributed by atoms with Gasteiger partial charge in [-0.1, -0.05) is 58.4 Å². The van der Waals surface area contributed by atoms with Crippen LogP contribution in [0.25, 0.3) is 11.3 Å². The van der Waals surface area contributed by atoms with Crippen molar-refractivity contribution < 1.29 is 38.8 Å². The lowest BCUT2D eigenvalue weighted by Gasteiger charge is -2.39. The topological polar surface area (TPSA) is 213 Å². The highest BCUT2D eigenvalue weighted by molar-refractivity contribution is 9.10. The van der Waals surface area contributed by atoms with Crippen molar-refractivity contribution in [1.82, 2.24) is 40.0 Å². The molecular weight excluding hydrogens is 907 g/mol. The molecule has 0 spiro atoms. The third-order valence-electron chi connectivity index (χ3n) is 11.3. The van der Waals surface area contributed by atoms with E-state index in [1.54, 1.807) is 74.3 Å². The van der Waals surface area contributed by atoms with Gasteiger partial charge in [0.1, 0.15) is 0 Å². The highest BCUT2D eigenvalue weighted by atomic mass is 79.9. The molecule has 0 unspecified atom stereocenters. The molecule has 2 atom stereocenters. The van der Waals surface area contributed by atoms with E-state index in [4.69, 9.17) is 10.0 Å². The van der Waals surface area contributed by atoms with Crippen LogP contribution in [-0.4, -0.2) is 144 Å². The van der Waals surface area contributed by atoms with Crippen molar-refractivity contribution in [3.63, 3.8) is 0 Å². The van der Waals surface area contributed by atoms with E-state index in [0.29, 0.717) is 67.1 Å². The number of hydrogen-bond donors (Lipinski definition) is 4. The predicted octanol–water partition coefficient (Wildman–Crippen LogP) is 4.34. The molecule has 0 saturated carbocycles. The number of halogens is 1. The molecule has 0 bridgehead atoms. The fourth-order valence-corrected chi connectivity index (χ4v) is 8.18. The van der Waals surface area contributed by atoms with Crippen LogP contribution < -0.4 is 5.59 Å². The monoisotopic (exact) mass is 956 g/mol. The zero-order chi connectivity index (χ0) is 47.5. The maximum absolute atomic E-state index is 13.0. The van der Waals surface area contributed by atoms with E-state index in [2.05, 4.69) is 36.3 Å². The maximum atomic E-state index is 13.0. The standard InChI is InChI=1S/C24H24N4O3.C21H21BrN2O3.C3H5BN2O2/c1-16-14-19(21-10-11-25-26-21)8-9-20(16)22(29)24(31)28-13-12-27(15-17(28)2)23(30)18-6-4-3-5-7-18;1-14-12-17(22)8-9-18(14)19(25)21(27)24-11-10-23(13-15(24)2)20(26)16-6-4-3-5-7-16;7-4(8)3-1-2-5-6-3/h3-11,14,17H,12-13,15H2,1-2H3,(H,25,26);3-9,12,15H,10-11,13H2,1-2H3;1-2,7-8H,(H,5,6)/t17-;15-;/m11./s1. The van der Waals surface area contributed by atoms with Crippen LogP contribution in [0.2, 0.25) is 0 Å². The van der Waals surface area contributed by atoms with E-state index < -0.39 is 30.5 Å². The molecule has 2 saturated heterocycles. The summed E-state index contributed by atoms with van der Waals surface area (Å²) in [6.07, 6.45) is 3.12. The molecule has 66 heavy (non-hydrogen) atoms. The molecule has 2 aliphatic rings. The van der Waals surface area contributed by atoms with Crippen LogP contribution in [0.15, 0.2) is 126 Å². The molecule has 0 radical (unpaired) electrons. The Bertz CT molecular complexity index is 2650. The molecule has 340 valence electrons. The van der Waals surface area contributed by atoms with Gasteiger partial charge in [-0.2, -0.15) is 10.2 Å². The Labute approximate surface area is 390 Å². The van der Waals surface area contributed by atoms with Crippen molar-refractivity contribution in [2.45, 2.75) is 39.8 Å². The van der Waals surface area contributed by atoms with E-state index in [-0.39, 0.29) is 23.9 Å². The number of hydrogen-bond acceptors (Lipinski definition) is 10. The van der Waals surface area contributed by atoms with Gasteiger partial charge in [0, 0.05) is 90.5 Å². The highest BCUT2D eigenvalue weighted by Gasteiger charge is 2.35. The second-order valence-corrected chi connectivity index (χ2v) is 16.8. The van der Waals surface area contributed by atoms with E-state index in [1.807, 2.05) is 82.3 Å². The Morgan fingerprint density at radius 1 is 0.606 bits per heavy atom. The molecule has 18 heteroatoms. The lowest BCUT2D eigenvalue weighted by atomic mass is 9.87. The first-order chi connectivity index (χ1) is 31.6. The Morgan fingerprint density at radius 2 is 1.08 bits per heavy atom. The van der Waals surface area contributed by atoms with Gasteiger partial charge in [-0.05, 0) is 111 Å². The Morgan fingerprint density at radius 3 is 1.47 bits per heavy atom. The normalized spacial score (nSPS) is 15.7. The Hall–Kier alpha value is -7.02. The average Bonchev–Trinajstić information content (AvgIpc) is 4.08. The third-order valence-corrected chi connectivity index (χ3v) is 11.8. The maximum Gasteiger partial charge on any atom is 0.507 e. The lowest BCUT2D eigenvalue weighted by molar-refractivity contribution is -0.130. The minimum Gasteiger partial charge on any atom is -0.422 e. The molecule has 16 nitrogen and oxygen atoms in total. The van der Waals surface area contributed by atoms with Crippen molar-refractivity contribution >= 4 is 63.8 Å². The summed E-state index contributed by atoms with van der Waals surface area (Å²) in [7, 11) is -1.43. The van der Waals surface area contributed by atoms with E-state index in [9.17, 15) is 28.8 Å². The third kappa shape index (κ3) is 11.8. The first-order valence-corrected chi connectivity index (χ1v) is 22.0. The number of amides is 4. The summed E-state index contributed by atoms with van der Waals surface area (Å²) in [5.41, 5.74) is 5.61. The number of ketones is 2. The van der Waals surface area contributed by atoms with Gasteiger partial charge in [-0.3, -0.25) is 39.0 Å². The quantitative estimate of drug-likeness (QED) is 0.0963. The summed E-state index contributed by atoms with van der Waals surface area (Å²) in [6.45, 7) is 9.65. The molecule has 6 aromatic rings. The first kappa shape index (κ1) is 48.4. The number of nitrogens with zero attached hydrogens (tertiary/aromatic N) is 6. The smallest absolute Gasteiger partial charge is 0.422 e. The Balaban J connectivity index is 0.000000188. The zero-order valence-electron chi connectivity index (χ0n) is 36.9. The molecule has 2 aliphatic heterocycles. The molecule has 4 N–H and O–H groups in total. The minimum atomic E-state index is -1.43. The van der Waals surface area contributed by atoms with Crippen molar-refractivity contribution in [2.24, 2.45) is 0 Å². The molecule has 4 heterocycles. The zero-order valence-corrected chi connectivity index (χ0v) is 38.5. The SMILES string of the molecule is Cc1cc(-c2ccn[nH]2)ccc1C(=O)C(=O)N1CCN(C(=O)c2ccccc2)C[C@H]1C.Cc1cc(Br)ccc1C(=O)C(=O)N1CCN(C(=O)c2ccccc2)C[C@H]1C.OB(O)c1ccn[nH]1. The Kier molecular flexibility index (Phi) is 16.3. The molecule has 4 aromatic carbocycles. The van der Waals surface area contributed by atoms with Gasteiger partial charge in [0.25, 0.3) is 35.2 Å². The average molecular weight is 958 g/mol. The van der Waals surface area contributed by atoms with Crippen LogP contribution >= 0.6 is 15.9 Å². The summed E-state index contributed by atoms with van der Waals surface area (Å²) < 4.78 is 0.866. The number of rotatable bonds is 8. The van der Waals surface area contributed by atoms with E-state index in [0.717, 1.165) is 26.9 Å². The number of piperazine rings is 2. The number of aryl methyl sites for hydroxylation is 2. The largest absolute Gasteiger partial charge is 0.507 e. The fraction of sp³-hybridized carbons (Fsp3) is 0.250. The fourth-order valence-electron chi connectivity index (χ4n) is 7.70. The van der Waals surface area contributed by atoms with Crippen LogP contribution in [0.3, 0.4) is 0 Å². The number of benzene rings is 4. The van der Waals surface area contributed by atoms with Gasteiger partial charge in [0.15, 0.2) is 0 Å². The van der Waals surface area contributed by atoms with Gasteiger partial charge in [0.05, 0.1) is 11.3 Å². The van der Waals surface area contributed by atoms with Gasteiger partial charge in [0.2, 0.25) is 0 Å². The van der Waals surface area contributed by atoms with Gasteiger partial charge in [-0.15, -0.1) is 0 Å². The van der Waals surface area contributed by atoms with Crippen LogP contribution in [0.5, 0.6) is 0 Å². The van der Waals surface area contributed by atoms with Crippen LogP contribution in [0.4, 0.5) is 0 Å². The summed E-state index contributed by atoms with van der Waals surface area (Å²) >= 11 is 3.36. The molecule has 8 rings (SSSR count). The summed E-state index contributed by atoms with van der Waals surface area (Å²) in [6, 6.07) is 31.6. The summed E-state index contributed by atoms with van der Waals surface area (Å²) in [4.78, 5) is 83.3. The number of carbonyl (C=O) groups is 6. The van der Waals surface area contributed by atoms with Gasteiger partial charge >= 0.3 is 7.12 Å². The molecular formula is C48H50BBrN8O8. The molecule has 4 amide bonds. The lowest BCUT2D eigenvalue weighted by Crippen LogP contribution is -2.56. The molecule has 2 aromatic heterocycles. The number of Topliss-reactive ketones (excluding diaryl/α,β-unsaturated/α-hetero) is 2. The van der Waals surface area contributed by atoms with Gasteiger partial charge < -0.3 is 29.6 Å². The van der Waals surface area contributed by atoms with Crippen LogP contribution in [0.1, 0.15) is 66.4 Å². The second kappa shape index (κ2) is 22.3. The minimum absolute atomic E-state index is 0.0513. The van der Waals surface area contributed by atoms with Crippen LogP contribution in [-0.2, 0) is 9.59 Å². The van der Waals surface area contributed by atoms with Crippen molar-refractivity contribution in [2.75, 3.05) is 39.3 Å². The predicted molar refractivity (Wildman–Crippen MR) is 252 cm³/mol. The number of carbonyl (C=O) groups excluding carboxylic acids is 6. The number of nitrogens with one attached hydrogen (secondary N) is 2. The number of aromatic amines is 2. The second-order valence-electron chi connectivity index (χ2n) is 15.9. The first-order valence-electron chi connectivity index (χ1n) is 21.3. The number of aromatic nitrogens is 4. The van der Waals surface area contributed by atoms with Crippen LogP contribution in [0, 0.1) is 13.8 Å². The van der Waals surface area contributed by atoms with E-state index in [1.165, 1.54) is 12.3 Å². The summed E-state index contributed by atoms with van der Waals surface area (Å²) in [5.74, 6) is -2.18.